The summed E-state index contributed by atoms with van der Waals surface area (Å²) >= 11 is 1.40. The number of amides is 1. The number of oxazole rings is 1. The molecule has 1 N–H and O–H groups in total. The van der Waals surface area contributed by atoms with Crippen LogP contribution in [0.3, 0.4) is 0 Å². The third-order valence-electron chi connectivity index (χ3n) is 4.09. The molecule has 1 amide bonds. The Labute approximate surface area is 160 Å². The number of aryl methyl sites for hydroxylation is 2. The van der Waals surface area contributed by atoms with Crippen LogP contribution in [0, 0.1) is 13.8 Å². The molecule has 134 valence electrons. The molecule has 6 heteroatoms. The molecule has 0 aliphatic heterocycles. The normalized spacial score (nSPS) is 11.3. The van der Waals surface area contributed by atoms with E-state index in [1.807, 2.05) is 29.6 Å². The molecule has 0 spiro atoms. The Bertz CT molecular complexity index is 1120. The first-order valence-electron chi connectivity index (χ1n) is 8.46. The van der Waals surface area contributed by atoms with Crippen LogP contribution in [-0.4, -0.2) is 15.9 Å². The highest BCUT2D eigenvalue weighted by molar-refractivity contribution is 7.14. The minimum Gasteiger partial charge on any atom is -0.437 e. The summed E-state index contributed by atoms with van der Waals surface area (Å²) in [6.45, 7) is 4.10. The van der Waals surface area contributed by atoms with Crippen LogP contribution in [0.1, 0.15) is 17.0 Å². The molecule has 0 saturated heterocycles. The largest absolute Gasteiger partial charge is 0.437 e. The first-order valence-corrected chi connectivity index (χ1v) is 9.34. The maximum atomic E-state index is 12.2. The van der Waals surface area contributed by atoms with E-state index < -0.39 is 0 Å². The van der Waals surface area contributed by atoms with Gasteiger partial charge >= 0.3 is 0 Å². The highest BCUT2D eigenvalue weighted by atomic mass is 32.1. The summed E-state index contributed by atoms with van der Waals surface area (Å²) in [4.78, 5) is 21.0. The Kier molecular flexibility index (Phi) is 4.56. The molecule has 0 bridgehead atoms. The predicted molar refractivity (Wildman–Crippen MR) is 109 cm³/mol. The molecule has 2 heterocycles. The van der Waals surface area contributed by atoms with Crippen molar-refractivity contribution in [2.75, 3.05) is 5.32 Å². The first kappa shape index (κ1) is 17.2. The Morgan fingerprint density at radius 2 is 2.00 bits per heavy atom. The minimum absolute atomic E-state index is 0.279. The molecule has 2 aromatic carbocycles. The molecule has 2 aromatic heterocycles. The zero-order valence-electron chi connectivity index (χ0n) is 14.9. The lowest BCUT2D eigenvalue weighted by molar-refractivity contribution is -0.111. The van der Waals surface area contributed by atoms with Gasteiger partial charge in [-0.2, -0.15) is 0 Å². The van der Waals surface area contributed by atoms with Crippen LogP contribution in [0.5, 0.6) is 0 Å². The number of anilines is 1. The third-order valence-corrected chi connectivity index (χ3v) is 4.85. The molecule has 0 atom stereocenters. The van der Waals surface area contributed by atoms with Gasteiger partial charge in [-0.25, -0.2) is 9.97 Å². The van der Waals surface area contributed by atoms with Gasteiger partial charge in [0.25, 0.3) is 0 Å². The van der Waals surface area contributed by atoms with Gasteiger partial charge in [0.05, 0.1) is 5.69 Å². The minimum atomic E-state index is -0.279. The molecule has 0 saturated carbocycles. The fourth-order valence-electron chi connectivity index (χ4n) is 2.72. The fraction of sp³-hybridized carbons (Fsp3) is 0.0952. The summed E-state index contributed by atoms with van der Waals surface area (Å²) in [5.74, 6) is 0.112. The molecule has 0 radical (unpaired) electrons. The number of benzene rings is 2. The van der Waals surface area contributed by atoms with Gasteiger partial charge in [-0.15, -0.1) is 11.3 Å². The maximum Gasteiger partial charge on any atom is 0.250 e. The Hall–Kier alpha value is -3.25. The van der Waals surface area contributed by atoms with Gasteiger partial charge in [0.15, 0.2) is 10.7 Å². The van der Waals surface area contributed by atoms with Gasteiger partial charge in [0, 0.05) is 23.1 Å². The lowest BCUT2D eigenvalue weighted by Gasteiger charge is -2.03. The second kappa shape index (κ2) is 7.17. The van der Waals surface area contributed by atoms with Crippen molar-refractivity contribution in [3.63, 3.8) is 0 Å². The van der Waals surface area contributed by atoms with Crippen LogP contribution in [0.4, 0.5) is 5.13 Å². The molecular formula is C21H17N3O2S. The molecule has 4 aromatic rings. The second-order valence-electron chi connectivity index (χ2n) is 6.20. The Morgan fingerprint density at radius 3 is 2.85 bits per heavy atom. The molecule has 27 heavy (non-hydrogen) atoms. The van der Waals surface area contributed by atoms with Crippen molar-refractivity contribution in [3.05, 3.63) is 70.9 Å². The number of carbonyl (C=O) groups is 1. The third kappa shape index (κ3) is 3.80. The highest BCUT2D eigenvalue weighted by Gasteiger charge is 2.09. The second-order valence-corrected chi connectivity index (χ2v) is 7.06. The van der Waals surface area contributed by atoms with E-state index in [-0.39, 0.29) is 5.91 Å². The predicted octanol–water partition coefficient (Wildman–Crippen LogP) is 5.22. The van der Waals surface area contributed by atoms with Crippen LogP contribution < -0.4 is 5.32 Å². The summed E-state index contributed by atoms with van der Waals surface area (Å²) < 4.78 is 5.56. The van der Waals surface area contributed by atoms with E-state index >= 15 is 0 Å². The van der Waals surface area contributed by atoms with E-state index in [4.69, 9.17) is 4.42 Å². The van der Waals surface area contributed by atoms with Gasteiger partial charge in [-0.05, 0) is 37.6 Å². The number of carbonyl (C=O) groups excluding carboxylic acids is 1. The Morgan fingerprint density at radius 1 is 1.15 bits per heavy atom. The van der Waals surface area contributed by atoms with Gasteiger partial charge in [-0.3, -0.25) is 10.1 Å². The van der Waals surface area contributed by atoms with Gasteiger partial charge in [0.2, 0.25) is 11.8 Å². The number of fused-ring (bicyclic) bond motifs is 1. The summed E-state index contributed by atoms with van der Waals surface area (Å²) in [5.41, 5.74) is 5.72. The molecule has 0 aliphatic carbocycles. The smallest absolute Gasteiger partial charge is 0.250 e. The quantitative estimate of drug-likeness (QED) is 0.497. The summed E-state index contributed by atoms with van der Waals surface area (Å²) in [7, 11) is 0. The van der Waals surface area contributed by atoms with Crippen molar-refractivity contribution in [3.8, 4) is 11.3 Å². The van der Waals surface area contributed by atoms with E-state index in [9.17, 15) is 4.79 Å². The molecule has 0 fully saturated rings. The van der Waals surface area contributed by atoms with Gasteiger partial charge < -0.3 is 4.42 Å². The average Bonchev–Trinajstić information content (AvgIpc) is 3.28. The number of rotatable bonds is 4. The number of aromatic nitrogens is 2. The van der Waals surface area contributed by atoms with Crippen LogP contribution in [-0.2, 0) is 4.79 Å². The lowest BCUT2D eigenvalue weighted by atomic mass is 10.0. The van der Waals surface area contributed by atoms with Gasteiger partial charge in [0.1, 0.15) is 5.52 Å². The molecule has 4 rings (SSSR count). The number of para-hydroxylation sites is 2. The van der Waals surface area contributed by atoms with Crippen molar-refractivity contribution < 1.29 is 9.21 Å². The van der Waals surface area contributed by atoms with Crippen molar-refractivity contribution in [2.45, 2.75) is 13.8 Å². The average molecular weight is 375 g/mol. The number of hydrogen-bond donors (Lipinski definition) is 1. The molecule has 0 unspecified atom stereocenters. The molecule has 0 aliphatic rings. The standard InChI is InChI=1S/C21H17N3O2S/c1-13-7-8-14(2)15(11-13)17-12-27-21(23-17)24-19(25)9-10-20-22-16-5-3-4-6-18(16)26-20/h3-12H,1-2H3,(H,23,24,25)/b10-9+. The number of thiazole rings is 1. The van der Waals surface area contributed by atoms with Crippen LogP contribution in [0.25, 0.3) is 28.4 Å². The molecule has 5 nitrogen and oxygen atoms in total. The highest BCUT2D eigenvalue weighted by Crippen LogP contribution is 2.28. The summed E-state index contributed by atoms with van der Waals surface area (Å²) in [6, 6.07) is 13.7. The fourth-order valence-corrected chi connectivity index (χ4v) is 3.44. The lowest BCUT2D eigenvalue weighted by Crippen LogP contribution is -2.07. The number of nitrogens with zero attached hydrogens (tertiary/aromatic N) is 2. The summed E-state index contributed by atoms with van der Waals surface area (Å²) in [6.07, 6.45) is 2.94. The zero-order valence-corrected chi connectivity index (χ0v) is 15.7. The van der Waals surface area contributed by atoms with E-state index in [1.165, 1.54) is 23.0 Å². The van der Waals surface area contributed by atoms with Crippen LogP contribution in [0.2, 0.25) is 0 Å². The van der Waals surface area contributed by atoms with E-state index in [0.717, 1.165) is 22.3 Å². The topological polar surface area (TPSA) is 68.0 Å². The van der Waals surface area contributed by atoms with Crippen molar-refractivity contribution >= 4 is 39.6 Å². The zero-order chi connectivity index (χ0) is 18.8. The van der Waals surface area contributed by atoms with E-state index in [1.54, 1.807) is 6.08 Å². The SMILES string of the molecule is Cc1ccc(C)c(-c2csc(NC(=O)/C=C/c3nc4ccccc4o3)n2)c1. The first-order chi connectivity index (χ1) is 13.1. The molecular weight excluding hydrogens is 358 g/mol. The van der Waals surface area contributed by atoms with Crippen molar-refractivity contribution in [1.82, 2.24) is 9.97 Å². The Balaban J connectivity index is 1.47. The summed E-state index contributed by atoms with van der Waals surface area (Å²) in [5, 5.41) is 5.28. The van der Waals surface area contributed by atoms with E-state index in [2.05, 4.69) is 47.3 Å². The number of hydrogen-bond acceptors (Lipinski definition) is 5. The number of nitrogens with one attached hydrogen (secondary N) is 1. The van der Waals surface area contributed by atoms with Crippen molar-refractivity contribution in [1.29, 1.82) is 0 Å². The van der Waals surface area contributed by atoms with Crippen LogP contribution in [0.15, 0.2) is 58.3 Å². The van der Waals surface area contributed by atoms with E-state index in [0.29, 0.717) is 16.6 Å². The van der Waals surface area contributed by atoms with Gasteiger partial charge in [-0.1, -0.05) is 29.8 Å². The van der Waals surface area contributed by atoms with Crippen molar-refractivity contribution in [2.24, 2.45) is 0 Å². The van der Waals surface area contributed by atoms with Crippen LogP contribution >= 0.6 is 11.3 Å². The maximum absolute atomic E-state index is 12.2. The monoisotopic (exact) mass is 375 g/mol.